The van der Waals surface area contributed by atoms with Crippen LogP contribution in [-0.4, -0.2) is 48.2 Å². The van der Waals surface area contributed by atoms with Crippen LogP contribution in [0.2, 0.25) is 0 Å². The third-order valence-corrected chi connectivity index (χ3v) is 2.65. The number of carbonyl (C=O) groups is 1. The maximum atomic E-state index is 11.5. The van der Waals surface area contributed by atoms with E-state index in [0.29, 0.717) is 19.0 Å². The van der Waals surface area contributed by atoms with Crippen molar-refractivity contribution in [2.75, 3.05) is 20.2 Å². The molecule has 4 heteroatoms. The standard InChI is InChI=1S/C10H20N2O2/c1-8(5-6-13)11-7-10(14)12(2)9-3-4-9/h8-9,11,13H,3-7H2,1-2H3. The average molecular weight is 200 g/mol. The second kappa shape index (κ2) is 5.32. The van der Waals surface area contributed by atoms with Crippen molar-refractivity contribution in [3.05, 3.63) is 0 Å². The van der Waals surface area contributed by atoms with E-state index in [4.69, 9.17) is 5.11 Å². The first kappa shape index (κ1) is 11.5. The molecular formula is C10H20N2O2. The molecule has 2 N–H and O–H groups in total. The zero-order valence-corrected chi connectivity index (χ0v) is 8.99. The molecule has 0 aliphatic heterocycles. The molecule has 1 fully saturated rings. The molecule has 0 aromatic rings. The Morgan fingerprint density at radius 2 is 2.29 bits per heavy atom. The molecule has 0 aromatic carbocycles. The molecule has 82 valence electrons. The number of aliphatic hydroxyl groups is 1. The smallest absolute Gasteiger partial charge is 0.236 e. The molecule has 0 radical (unpaired) electrons. The molecule has 1 saturated carbocycles. The highest BCUT2D eigenvalue weighted by Crippen LogP contribution is 2.25. The Morgan fingerprint density at radius 3 is 2.79 bits per heavy atom. The number of likely N-dealkylation sites (N-methyl/N-ethyl adjacent to an activating group) is 1. The van der Waals surface area contributed by atoms with E-state index in [1.807, 2.05) is 18.9 Å². The van der Waals surface area contributed by atoms with E-state index in [1.165, 1.54) is 0 Å². The van der Waals surface area contributed by atoms with Gasteiger partial charge in [0.25, 0.3) is 0 Å². The monoisotopic (exact) mass is 200 g/mol. The number of nitrogens with one attached hydrogen (secondary N) is 1. The van der Waals surface area contributed by atoms with Gasteiger partial charge in [-0.15, -0.1) is 0 Å². The van der Waals surface area contributed by atoms with Crippen LogP contribution in [0.25, 0.3) is 0 Å². The van der Waals surface area contributed by atoms with Gasteiger partial charge in [-0.25, -0.2) is 0 Å². The minimum atomic E-state index is 0.150. The third-order valence-electron chi connectivity index (χ3n) is 2.65. The SMILES string of the molecule is CC(CCO)NCC(=O)N(C)C1CC1. The topological polar surface area (TPSA) is 52.6 Å². The summed E-state index contributed by atoms with van der Waals surface area (Å²) in [7, 11) is 1.86. The fourth-order valence-electron chi connectivity index (χ4n) is 1.35. The lowest BCUT2D eigenvalue weighted by molar-refractivity contribution is -0.129. The largest absolute Gasteiger partial charge is 0.396 e. The predicted octanol–water partition coefficient (Wildman–Crippen LogP) is -0.0323. The molecule has 14 heavy (non-hydrogen) atoms. The van der Waals surface area contributed by atoms with Gasteiger partial charge in [0, 0.05) is 25.7 Å². The summed E-state index contributed by atoms with van der Waals surface area (Å²) in [5.74, 6) is 0.150. The van der Waals surface area contributed by atoms with Crippen molar-refractivity contribution in [1.29, 1.82) is 0 Å². The lowest BCUT2D eigenvalue weighted by Gasteiger charge is -2.18. The zero-order valence-electron chi connectivity index (χ0n) is 8.99. The van der Waals surface area contributed by atoms with E-state index in [1.54, 1.807) is 0 Å². The van der Waals surface area contributed by atoms with Crippen LogP contribution in [0.4, 0.5) is 0 Å². The van der Waals surface area contributed by atoms with Crippen LogP contribution in [0, 0.1) is 0 Å². The molecule has 0 aromatic heterocycles. The van der Waals surface area contributed by atoms with Crippen LogP contribution >= 0.6 is 0 Å². The summed E-state index contributed by atoms with van der Waals surface area (Å²) in [6.07, 6.45) is 2.99. The van der Waals surface area contributed by atoms with E-state index in [-0.39, 0.29) is 18.6 Å². The quantitative estimate of drug-likeness (QED) is 0.633. The first-order chi connectivity index (χ1) is 6.65. The number of rotatable bonds is 6. The minimum Gasteiger partial charge on any atom is -0.396 e. The number of amides is 1. The van der Waals surface area contributed by atoms with Crippen LogP contribution in [0.15, 0.2) is 0 Å². The number of nitrogens with zero attached hydrogens (tertiary/aromatic N) is 1. The molecule has 0 saturated heterocycles. The van der Waals surface area contributed by atoms with Crippen LogP contribution < -0.4 is 5.32 Å². The van der Waals surface area contributed by atoms with Crippen molar-refractivity contribution in [1.82, 2.24) is 10.2 Å². The Bertz CT molecular complexity index is 193. The number of carbonyl (C=O) groups excluding carboxylic acids is 1. The molecule has 1 atom stereocenters. The van der Waals surface area contributed by atoms with Crippen molar-refractivity contribution in [2.45, 2.75) is 38.3 Å². The molecule has 4 nitrogen and oxygen atoms in total. The van der Waals surface area contributed by atoms with Crippen molar-refractivity contribution < 1.29 is 9.90 Å². The summed E-state index contributed by atoms with van der Waals surface area (Å²) >= 11 is 0. The summed E-state index contributed by atoms with van der Waals surface area (Å²) in [6, 6.07) is 0.689. The number of aliphatic hydroxyl groups excluding tert-OH is 1. The highest BCUT2D eigenvalue weighted by atomic mass is 16.3. The molecular weight excluding hydrogens is 180 g/mol. The molecule has 0 bridgehead atoms. The van der Waals surface area contributed by atoms with Crippen molar-refractivity contribution in [3.8, 4) is 0 Å². The van der Waals surface area contributed by atoms with E-state index < -0.39 is 0 Å². The van der Waals surface area contributed by atoms with Gasteiger partial charge < -0.3 is 15.3 Å². The second-order valence-electron chi connectivity index (χ2n) is 4.03. The lowest BCUT2D eigenvalue weighted by atomic mass is 10.2. The summed E-state index contributed by atoms with van der Waals surface area (Å²) in [6.45, 7) is 2.52. The number of hydrogen-bond donors (Lipinski definition) is 2. The van der Waals surface area contributed by atoms with Gasteiger partial charge in [0.15, 0.2) is 0 Å². The van der Waals surface area contributed by atoms with E-state index >= 15 is 0 Å². The average Bonchev–Trinajstić information content (AvgIpc) is 2.96. The van der Waals surface area contributed by atoms with Gasteiger partial charge in [-0.3, -0.25) is 4.79 Å². The Labute approximate surface area is 85.3 Å². The van der Waals surface area contributed by atoms with Crippen molar-refractivity contribution in [2.24, 2.45) is 0 Å². The Kier molecular flexibility index (Phi) is 4.35. The summed E-state index contributed by atoms with van der Waals surface area (Å²) in [5.41, 5.74) is 0. The molecule has 1 unspecified atom stereocenters. The zero-order chi connectivity index (χ0) is 10.6. The van der Waals surface area contributed by atoms with E-state index in [9.17, 15) is 4.79 Å². The van der Waals surface area contributed by atoms with E-state index in [2.05, 4.69) is 5.32 Å². The first-order valence-corrected chi connectivity index (χ1v) is 5.25. The normalized spacial score (nSPS) is 17.9. The molecule has 1 amide bonds. The lowest BCUT2D eigenvalue weighted by Crippen LogP contribution is -2.40. The molecule has 0 heterocycles. The number of hydrogen-bond acceptors (Lipinski definition) is 3. The highest BCUT2D eigenvalue weighted by molar-refractivity contribution is 5.78. The minimum absolute atomic E-state index is 0.150. The fourth-order valence-corrected chi connectivity index (χ4v) is 1.35. The highest BCUT2D eigenvalue weighted by Gasteiger charge is 2.29. The van der Waals surface area contributed by atoms with E-state index in [0.717, 1.165) is 12.8 Å². The second-order valence-corrected chi connectivity index (χ2v) is 4.03. The molecule has 1 rings (SSSR count). The van der Waals surface area contributed by atoms with Gasteiger partial charge in [0.1, 0.15) is 0 Å². The first-order valence-electron chi connectivity index (χ1n) is 5.25. The van der Waals surface area contributed by atoms with Crippen LogP contribution in [0.1, 0.15) is 26.2 Å². The van der Waals surface area contributed by atoms with Crippen molar-refractivity contribution >= 4 is 5.91 Å². The fraction of sp³-hybridized carbons (Fsp3) is 0.900. The van der Waals surface area contributed by atoms with Gasteiger partial charge in [-0.2, -0.15) is 0 Å². The summed E-state index contributed by atoms with van der Waals surface area (Å²) in [5, 5.41) is 11.8. The van der Waals surface area contributed by atoms with Crippen LogP contribution in [0.3, 0.4) is 0 Å². The molecule has 1 aliphatic carbocycles. The van der Waals surface area contributed by atoms with Gasteiger partial charge in [-0.1, -0.05) is 0 Å². The Morgan fingerprint density at radius 1 is 1.64 bits per heavy atom. The van der Waals surface area contributed by atoms with Gasteiger partial charge in [0.05, 0.1) is 6.54 Å². The van der Waals surface area contributed by atoms with Crippen molar-refractivity contribution in [3.63, 3.8) is 0 Å². The van der Waals surface area contributed by atoms with Gasteiger partial charge >= 0.3 is 0 Å². The van der Waals surface area contributed by atoms with Gasteiger partial charge in [-0.05, 0) is 26.2 Å². The summed E-state index contributed by atoms with van der Waals surface area (Å²) in [4.78, 5) is 13.4. The Hall–Kier alpha value is -0.610. The maximum absolute atomic E-state index is 11.5. The Balaban J connectivity index is 2.13. The maximum Gasteiger partial charge on any atom is 0.236 e. The van der Waals surface area contributed by atoms with Crippen LogP contribution in [0.5, 0.6) is 0 Å². The van der Waals surface area contributed by atoms with Crippen LogP contribution in [-0.2, 0) is 4.79 Å². The summed E-state index contributed by atoms with van der Waals surface area (Å²) < 4.78 is 0. The van der Waals surface area contributed by atoms with Gasteiger partial charge in [0.2, 0.25) is 5.91 Å². The molecule has 1 aliphatic rings. The predicted molar refractivity (Wildman–Crippen MR) is 55.0 cm³/mol. The third kappa shape index (κ3) is 3.64. The molecule has 0 spiro atoms.